The van der Waals surface area contributed by atoms with Gasteiger partial charge in [-0.2, -0.15) is 0 Å². The second-order valence-corrected chi connectivity index (χ2v) is 7.87. The molecule has 0 radical (unpaired) electrons. The van der Waals surface area contributed by atoms with E-state index < -0.39 is 0 Å². The molecule has 3 heterocycles. The first-order chi connectivity index (χ1) is 13.4. The average Bonchev–Trinajstić information content (AvgIpc) is 3.10. The molecule has 4 rings (SSSR count). The predicted octanol–water partition coefficient (Wildman–Crippen LogP) is 4.37. The second kappa shape index (κ2) is 7.43. The lowest BCUT2D eigenvalue weighted by molar-refractivity contribution is 0.0939. The molecule has 8 heteroatoms. The number of halogens is 1. The maximum absolute atomic E-state index is 12.8. The van der Waals surface area contributed by atoms with Crippen LogP contribution < -0.4 is 14.8 Å². The molecule has 1 aliphatic heterocycles. The molecule has 0 spiro atoms. The Morgan fingerprint density at radius 1 is 1.14 bits per heavy atom. The summed E-state index contributed by atoms with van der Waals surface area (Å²) in [4.78, 5) is 17.0. The van der Waals surface area contributed by atoms with Crippen molar-refractivity contribution in [1.82, 2.24) is 15.5 Å². The fraction of sp³-hybridized carbons (Fsp3) is 0.350. The molecule has 1 unspecified atom stereocenters. The highest BCUT2D eigenvalue weighted by Gasteiger charge is 2.21. The van der Waals surface area contributed by atoms with E-state index in [0.717, 1.165) is 21.1 Å². The number of amides is 1. The van der Waals surface area contributed by atoms with Gasteiger partial charge in [-0.25, -0.2) is 4.98 Å². The number of nitrogens with one attached hydrogen (secondary N) is 1. The molecule has 1 aliphatic rings. The topological polar surface area (TPSA) is 86.5 Å². The maximum atomic E-state index is 12.8. The molecule has 0 fully saturated rings. The van der Waals surface area contributed by atoms with Gasteiger partial charge in [-0.3, -0.25) is 4.79 Å². The van der Waals surface area contributed by atoms with Crippen molar-refractivity contribution in [2.45, 2.75) is 32.7 Å². The third-order valence-electron chi connectivity index (χ3n) is 4.64. The number of hydrogen-bond donors (Lipinski definition) is 1. The molecule has 0 aliphatic carbocycles. The Labute approximate surface area is 170 Å². The second-order valence-electron chi connectivity index (χ2n) is 7.01. The van der Waals surface area contributed by atoms with Crippen LogP contribution in [-0.2, 0) is 0 Å². The van der Waals surface area contributed by atoms with E-state index in [-0.39, 0.29) is 17.9 Å². The van der Waals surface area contributed by atoms with Gasteiger partial charge in [0.2, 0.25) is 0 Å². The number of benzene rings is 1. The first-order valence-electron chi connectivity index (χ1n) is 9.09. The maximum Gasteiger partial charge on any atom is 0.257 e. The normalized spacial score (nSPS) is 14.3. The van der Waals surface area contributed by atoms with Gasteiger partial charge in [0.1, 0.15) is 13.2 Å². The minimum absolute atomic E-state index is 0.175. The zero-order valence-corrected chi connectivity index (χ0v) is 17.4. The van der Waals surface area contributed by atoms with Gasteiger partial charge >= 0.3 is 0 Å². The largest absolute Gasteiger partial charge is 0.486 e. The van der Waals surface area contributed by atoms with E-state index in [9.17, 15) is 4.79 Å². The molecule has 1 N–H and O–H groups in total. The Morgan fingerprint density at radius 3 is 2.57 bits per heavy atom. The molecule has 0 bridgehead atoms. The van der Waals surface area contributed by atoms with E-state index in [0.29, 0.717) is 36.0 Å². The summed E-state index contributed by atoms with van der Waals surface area (Å²) < 4.78 is 17.3. The Hall–Kier alpha value is -2.61. The lowest BCUT2D eigenvalue weighted by Crippen LogP contribution is -2.27. The van der Waals surface area contributed by atoms with Crippen molar-refractivity contribution in [3.05, 3.63) is 45.7 Å². The number of ether oxygens (including phenoxy) is 2. The Balaban J connectivity index is 1.58. The number of carbonyl (C=O) groups excluding carboxylic acids is 1. The molecule has 7 nitrogen and oxygen atoms in total. The number of nitrogens with zero attached hydrogens (tertiary/aromatic N) is 2. The van der Waals surface area contributed by atoms with Crippen LogP contribution >= 0.6 is 15.9 Å². The summed E-state index contributed by atoms with van der Waals surface area (Å²) in [5.41, 5.74) is 2.58. The Morgan fingerprint density at radius 2 is 1.86 bits per heavy atom. The van der Waals surface area contributed by atoms with E-state index in [4.69, 9.17) is 14.0 Å². The summed E-state index contributed by atoms with van der Waals surface area (Å²) in [5.74, 6) is 1.33. The number of rotatable bonds is 4. The molecule has 1 amide bonds. The SMILES string of the molecule is CC(C)c1noc2ncc(C(=O)NC(C)c3cc4c(cc3Br)OCCO4)cc12. The molecule has 1 aromatic carbocycles. The summed E-state index contributed by atoms with van der Waals surface area (Å²) in [6.07, 6.45) is 1.50. The van der Waals surface area contributed by atoms with Crippen molar-refractivity contribution in [2.24, 2.45) is 0 Å². The minimum atomic E-state index is -0.250. The van der Waals surface area contributed by atoms with Crippen LogP contribution in [0.25, 0.3) is 11.1 Å². The van der Waals surface area contributed by atoms with Gasteiger partial charge in [-0.15, -0.1) is 0 Å². The molecule has 3 aromatic rings. The van der Waals surface area contributed by atoms with Crippen molar-refractivity contribution < 1.29 is 18.8 Å². The van der Waals surface area contributed by atoms with E-state index in [1.54, 1.807) is 6.07 Å². The zero-order valence-electron chi connectivity index (χ0n) is 15.8. The Bertz CT molecular complexity index is 1050. The van der Waals surface area contributed by atoms with Crippen molar-refractivity contribution in [1.29, 1.82) is 0 Å². The summed E-state index contributed by atoms with van der Waals surface area (Å²) in [6, 6.07) is 5.28. The highest BCUT2D eigenvalue weighted by atomic mass is 79.9. The van der Waals surface area contributed by atoms with Crippen molar-refractivity contribution in [3.63, 3.8) is 0 Å². The van der Waals surface area contributed by atoms with Crippen molar-refractivity contribution in [3.8, 4) is 11.5 Å². The van der Waals surface area contributed by atoms with Crippen molar-refractivity contribution >= 4 is 32.9 Å². The monoisotopic (exact) mass is 445 g/mol. The predicted molar refractivity (Wildman–Crippen MR) is 107 cm³/mol. The number of pyridine rings is 1. The molecule has 0 saturated heterocycles. The van der Waals surface area contributed by atoms with Crippen LogP contribution in [0.4, 0.5) is 0 Å². The third-order valence-corrected chi connectivity index (χ3v) is 5.33. The summed E-state index contributed by atoms with van der Waals surface area (Å²) in [6.45, 7) is 7.00. The van der Waals surface area contributed by atoms with Gasteiger partial charge in [-0.1, -0.05) is 34.9 Å². The van der Waals surface area contributed by atoms with Crippen LogP contribution in [0.2, 0.25) is 0 Å². The first-order valence-corrected chi connectivity index (χ1v) is 9.88. The molecule has 146 valence electrons. The smallest absolute Gasteiger partial charge is 0.257 e. The van der Waals surface area contributed by atoms with E-state index in [1.807, 2.05) is 32.9 Å². The molecule has 0 saturated carbocycles. The minimum Gasteiger partial charge on any atom is -0.486 e. The number of carbonyl (C=O) groups is 1. The van der Waals surface area contributed by atoms with Gasteiger partial charge in [-0.05, 0) is 36.6 Å². The fourth-order valence-electron chi connectivity index (χ4n) is 3.16. The summed E-state index contributed by atoms with van der Waals surface area (Å²) in [5, 5.41) is 7.82. The van der Waals surface area contributed by atoms with Crippen LogP contribution in [0.1, 0.15) is 54.3 Å². The fourth-order valence-corrected chi connectivity index (χ4v) is 3.83. The molecule has 2 aromatic heterocycles. The quantitative estimate of drug-likeness (QED) is 0.641. The van der Waals surface area contributed by atoms with Crippen LogP contribution in [0.3, 0.4) is 0 Å². The lowest BCUT2D eigenvalue weighted by Gasteiger charge is -2.22. The highest BCUT2D eigenvalue weighted by Crippen LogP contribution is 2.37. The van der Waals surface area contributed by atoms with Crippen LogP contribution in [0, 0.1) is 0 Å². The molecule has 1 atom stereocenters. The number of aromatic nitrogens is 2. The van der Waals surface area contributed by atoms with Gasteiger partial charge < -0.3 is 19.3 Å². The van der Waals surface area contributed by atoms with E-state index in [1.165, 1.54) is 6.20 Å². The summed E-state index contributed by atoms with van der Waals surface area (Å²) in [7, 11) is 0. The number of hydrogen-bond acceptors (Lipinski definition) is 6. The lowest BCUT2D eigenvalue weighted by atomic mass is 10.1. The van der Waals surface area contributed by atoms with Crippen LogP contribution in [0.15, 0.2) is 33.4 Å². The standard InChI is InChI=1S/C20H20BrN3O4/c1-10(2)18-14-6-12(9-22-20(14)28-24-18)19(25)23-11(3)13-7-16-17(8-15(13)21)27-5-4-26-16/h6-11H,4-5H2,1-3H3,(H,23,25). The molecular formula is C20H20BrN3O4. The molecular weight excluding hydrogens is 426 g/mol. The van der Waals surface area contributed by atoms with Crippen LogP contribution in [-0.4, -0.2) is 29.3 Å². The Kier molecular flexibility index (Phi) is 4.97. The van der Waals surface area contributed by atoms with Gasteiger partial charge in [0, 0.05) is 10.7 Å². The summed E-state index contributed by atoms with van der Waals surface area (Å²) >= 11 is 3.56. The van der Waals surface area contributed by atoms with Crippen molar-refractivity contribution in [2.75, 3.05) is 13.2 Å². The zero-order chi connectivity index (χ0) is 19.8. The first kappa shape index (κ1) is 18.7. The highest BCUT2D eigenvalue weighted by molar-refractivity contribution is 9.10. The van der Waals surface area contributed by atoms with E-state index in [2.05, 4.69) is 31.4 Å². The van der Waals surface area contributed by atoms with Crippen LogP contribution in [0.5, 0.6) is 11.5 Å². The average molecular weight is 446 g/mol. The number of fused-ring (bicyclic) bond motifs is 2. The van der Waals surface area contributed by atoms with E-state index >= 15 is 0 Å². The molecule has 28 heavy (non-hydrogen) atoms. The van der Waals surface area contributed by atoms with Gasteiger partial charge in [0.15, 0.2) is 11.5 Å². The van der Waals surface area contributed by atoms with Gasteiger partial charge in [0.05, 0.1) is 22.7 Å². The third kappa shape index (κ3) is 3.44. The van der Waals surface area contributed by atoms with Gasteiger partial charge in [0.25, 0.3) is 11.6 Å².